The van der Waals surface area contributed by atoms with E-state index in [0.29, 0.717) is 79.0 Å². The fraction of sp³-hybridized carbons (Fsp3) is 0.552. The molecule has 9 heteroatoms. The van der Waals surface area contributed by atoms with Gasteiger partial charge in [-0.25, -0.2) is 4.79 Å². The molecule has 2 aromatic rings. The van der Waals surface area contributed by atoms with Gasteiger partial charge >= 0.3 is 6.09 Å². The number of ether oxygens (including phenoxy) is 5. The van der Waals surface area contributed by atoms with Crippen molar-refractivity contribution in [1.29, 1.82) is 0 Å². The van der Waals surface area contributed by atoms with E-state index < -0.39 is 14.4 Å². The van der Waals surface area contributed by atoms with E-state index in [1.807, 2.05) is 24.3 Å². The number of hydrogen-bond donors (Lipinski definition) is 1. The zero-order valence-electron chi connectivity index (χ0n) is 23.0. The van der Waals surface area contributed by atoms with E-state index >= 15 is 0 Å². The first-order valence-corrected chi connectivity index (χ1v) is 16.9. The first kappa shape index (κ1) is 30.3. The molecule has 3 rings (SSSR count). The number of nitrogens with one attached hydrogen (secondary N) is 1. The minimum absolute atomic E-state index is 0.0648. The van der Waals surface area contributed by atoms with Crippen LogP contribution in [0.15, 0.2) is 48.5 Å². The second-order valence-corrected chi connectivity index (χ2v) is 14.5. The van der Waals surface area contributed by atoms with Gasteiger partial charge in [-0.2, -0.15) is 0 Å². The van der Waals surface area contributed by atoms with Crippen molar-refractivity contribution < 1.29 is 32.9 Å². The highest BCUT2D eigenvalue weighted by Crippen LogP contribution is 2.44. The molecule has 1 amide bonds. The molecule has 1 N–H and O–H groups in total. The maximum Gasteiger partial charge on any atom is 0.407 e. The van der Waals surface area contributed by atoms with Crippen LogP contribution in [0.1, 0.15) is 23.5 Å². The van der Waals surface area contributed by atoms with Crippen molar-refractivity contribution >= 4 is 14.4 Å². The molecule has 0 fully saturated rings. The predicted molar refractivity (Wildman–Crippen MR) is 150 cm³/mol. The van der Waals surface area contributed by atoms with Crippen molar-refractivity contribution in [1.82, 2.24) is 5.32 Å². The predicted octanol–water partition coefficient (Wildman–Crippen LogP) is 4.83. The molecule has 0 bridgehead atoms. The van der Waals surface area contributed by atoms with Gasteiger partial charge in [0.1, 0.15) is 6.61 Å². The van der Waals surface area contributed by atoms with Gasteiger partial charge in [0.15, 0.2) is 8.32 Å². The maximum atomic E-state index is 12.2. The molecule has 0 radical (unpaired) electrons. The molecule has 0 spiro atoms. The van der Waals surface area contributed by atoms with Gasteiger partial charge < -0.3 is 33.4 Å². The molecule has 0 heterocycles. The summed E-state index contributed by atoms with van der Waals surface area (Å²) in [6.45, 7) is 12.2. The van der Waals surface area contributed by atoms with Gasteiger partial charge in [-0.15, -0.1) is 0 Å². The summed E-state index contributed by atoms with van der Waals surface area (Å²) in [6, 6.07) is 16.6. The van der Waals surface area contributed by atoms with Crippen molar-refractivity contribution in [3.63, 3.8) is 0 Å². The van der Waals surface area contributed by atoms with Gasteiger partial charge in [0.25, 0.3) is 0 Å². The minimum Gasteiger partial charge on any atom is -0.449 e. The summed E-state index contributed by atoms with van der Waals surface area (Å²) in [5, 5.41) is 2.80. The average molecular weight is 546 g/mol. The second kappa shape index (κ2) is 16.6. The topological polar surface area (TPSA) is 84.5 Å². The van der Waals surface area contributed by atoms with Gasteiger partial charge in [-0.05, 0) is 48.3 Å². The fourth-order valence-electron chi connectivity index (χ4n) is 4.18. The van der Waals surface area contributed by atoms with E-state index in [0.717, 1.165) is 0 Å². The fourth-order valence-corrected chi connectivity index (χ4v) is 4.88. The number of carbonyl (C=O) groups excluding carboxylic acids is 1. The van der Waals surface area contributed by atoms with E-state index in [1.54, 1.807) is 0 Å². The molecular weight excluding hydrogens is 502 g/mol. The Kier molecular flexibility index (Phi) is 13.3. The first-order valence-electron chi connectivity index (χ1n) is 13.5. The summed E-state index contributed by atoms with van der Waals surface area (Å²) in [6.07, 6.45) is 0.302. The van der Waals surface area contributed by atoms with Crippen molar-refractivity contribution in [2.45, 2.75) is 32.0 Å². The summed E-state index contributed by atoms with van der Waals surface area (Å²) < 4.78 is 33.3. The van der Waals surface area contributed by atoms with Gasteiger partial charge in [0.2, 0.25) is 0 Å². The van der Waals surface area contributed by atoms with Crippen LogP contribution in [0.4, 0.5) is 4.79 Å². The van der Waals surface area contributed by atoms with E-state index in [-0.39, 0.29) is 5.92 Å². The molecule has 0 saturated carbocycles. The monoisotopic (exact) mass is 545 g/mol. The summed E-state index contributed by atoms with van der Waals surface area (Å²) in [5.74, 6) is 0.0648. The largest absolute Gasteiger partial charge is 0.449 e. The Morgan fingerprint density at radius 3 is 1.71 bits per heavy atom. The zero-order valence-corrected chi connectivity index (χ0v) is 24.0. The molecule has 0 aliphatic heterocycles. The highest BCUT2D eigenvalue weighted by atomic mass is 28.4. The average Bonchev–Trinajstić information content (AvgIpc) is 3.22. The molecule has 38 heavy (non-hydrogen) atoms. The molecule has 1 aliphatic rings. The van der Waals surface area contributed by atoms with Crippen LogP contribution in [0.3, 0.4) is 0 Å². The van der Waals surface area contributed by atoms with Gasteiger partial charge in [0, 0.05) is 19.1 Å². The summed E-state index contributed by atoms with van der Waals surface area (Å²) in [7, 11) is -1.45. The quantitative estimate of drug-likeness (QED) is 0.200. The number of fused-ring (bicyclic) bond motifs is 3. The Labute approximate surface area is 228 Å². The van der Waals surface area contributed by atoms with Crippen molar-refractivity contribution in [3.05, 3.63) is 59.7 Å². The third kappa shape index (κ3) is 10.8. The van der Waals surface area contributed by atoms with E-state index in [9.17, 15) is 4.79 Å². The molecular formula is C29H43NO7Si. The molecule has 0 atom stereocenters. The highest BCUT2D eigenvalue weighted by molar-refractivity contribution is 6.69. The minimum atomic E-state index is -1.45. The number of carbonyl (C=O) groups is 1. The number of amides is 1. The number of hydrogen-bond acceptors (Lipinski definition) is 7. The van der Waals surface area contributed by atoms with Crippen LogP contribution in [0.2, 0.25) is 19.6 Å². The lowest BCUT2D eigenvalue weighted by atomic mass is 9.98. The van der Waals surface area contributed by atoms with Crippen LogP contribution in [0.5, 0.6) is 0 Å². The number of rotatable bonds is 19. The summed E-state index contributed by atoms with van der Waals surface area (Å²) in [4.78, 5) is 12.2. The van der Waals surface area contributed by atoms with Crippen molar-refractivity contribution in [3.8, 4) is 11.1 Å². The standard InChI is InChI=1S/C29H43NO7Si/c1-38(2,3)37-22-21-35-20-19-34-18-17-33-16-15-32-14-8-13-30-29(31)36-23-28-26-11-6-4-9-24(26)25-10-5-7-12-27(25)28/h4-7,9-12,28H,8,13-23H2,1-3H3,(H,30,31). The third-order valence-corrected chi connectivity index (χ3v) is 7.03. The number of alkyl carbamates (subject to hydrolysis) is 1. The van der Waals surface area contributed by atoms with E-state index in [1.165, 1.54) is 22.3 Å². The maximum absolute atomic E-state index is 12.2. The van der Waals surface area contributed by atoms with Gasteiger partial charge in [-0.1, -0.05) is 48.5 Å². The highest BCUT2D eigenvalue weighted by Gasteiger charge is 2.28. The smallest absolute Gasteiger partial charge is 0.407 e. The second-order valence-electron chi connectivity index (χ2n) is 10.0. The molecule has 1 aliphatic carbocycles. The SMILES string of the molecule is C[Si](C)(C)OCCOCCOCCOCCOCCCNC(=O)OCC1c2ccccc2-c2ccccc21. The van der Waals surface area contributed by atoms with Crippen LogP contribution in [0.25, 0.3) is 11.1 Å². The summed E-state index contributed by atoms with van der Waals surface area (Å²) >= 11 is 0. The molecule has 0 saturated heterocycles. The van der Waals surface area contributed by atoms with Crippen LogP contribution in [0, 0.1) is 0 Å². The van der Waals surface area contributed by atoms with Crippen LogP contribution < -0.4 is 5.32 Å². The molecule has 8 nitrogen and oxygen atoms in total. The zero-order chi connectivity index (χ0) is 27.1. The lowest BCUT2D eigenvalue weighted by Crippen LogP contribution is -2.27. The Bertz CT molecular complexity index is 920. The van der Waals surface area contributed by atoms with Crippen molar-refractivity contribution in [2.24, 2.45) is 0 Å². The summed E-state index contributed by atoms with van der Waals surface area (Å²) in [5.41, 5.74) is 4.84. The molecule has 2 aromatic carbocycles. The Morgan fingerprint density at radius 1 is 0.711 bits per heavy atom. The Hall–Kier alpha value is -2.27. The van der Waals surface area contributed by atoms with Crippen molar-refractivity contribution in [2.75, 3.05) is 72.6 Å². The van der Waals surface area contributed by atoms with E-state index in [2.05, 4.69) is 49.2 Å². The van der Waals surface area contributed by atoms with Crippen LogP contribution >= 0.6 is 0 Å². The molecule has 210 valence electrons. The Morgan fingerprint density at radius 2 is 1.18 bits per heavy atom. The molecule has 0 unspecified atom stereocenters. The lowest BCUT2D eigenvalue weighted by Gasteiger charge is -2.16. The van der Waals surface area contributed by atoms with Crippen LogP contribution in [-0.2, 0) is 28.1 Å². The van der Waals surface area contributed by atoms with Crippen LogP contribution in [-0.4, -0.2) is 87.0 Å². The number of benzene rings is 2. The third-order valence-electron chi connectivity index (χ3n) is 5.96. The Balaban J connectivity index is 1.11. The first-order chi connectivity index (χ1) is 18.5. The van der Waals surface area contributed by atoms with Gasteiger partial charge in [0.05, 0.1) is 52.9 Å². The normalized spacial score (nSPS) is 12.8. The molecule has 0 aromatic heterocycles. The lowest BCUT2D eigenvalue weighted by molar-refractivity contribution is -0.00496. The van der Waals surface area contributed by atoms with E-state index in [4.69, 9.17) is 28.1 Å². The van der Waals surface area contributed by atoms with Gasteiger partial charge in [-0.3, -0.25) is 0 Å².